The number of benzene rings is 2. The van der Waals surface area contributed by atoms with Crippen LogP contribution in [0.3, 0.4) is 0 Å². The molecule has 0 aliphatic carbocycles. The van der Waals surface area contributed by atoms with Crippen LogP contribution in [-0.4, -0.2) is 18.8 Å². The van der Waals surface area contributed by atoms with E-state index in [9.17, 15) is 18.0 Å². The Balaban J connectivity index is 0.000000253. The lowest BCUT2D eigenvalue weighted by atomic mass is 10.3. The molecule has 124 valence electrons. The molecule has 0 aliphatic heterocycles. The van der Waals surface area contributed by atoms with Crippen LogP contribution in [0.1, 0.15) is 0 Å². The van der Waals surface area contributed by atoms with Crippen LogP contribution in [0.25, 0.3) is 0 Å². The van der Waals surface area contributed by atoms with Crippen LogP contribution in [0.5, 0.6) is 0 Å². The molecule has 0 aliphatic rings. The topological polar surface area (TPSA) is 26.3 Å². The number of rotatable bonds is 3. The molecule has 2 nitrogen and oxygen atoms in total. The Morgan fingerprint density at radius 3 is 2.13 bits per heavy atom. The number of methoxy groups -OCH3 is 1. The number of hydrogen-bond acceptors (Lipinski definition) is 3. The predicted molar refractivity (Wildman–Crippen MR) is 101 cm³/mol. The second kappa shape index (κ2) is 10.4. The molecule has 0 amide bonds. The van der Waals surface area contributed by atoms with E-state index in [-0.39, 0.29) is 17.5 Å². The second-order valence-corrected chi connectivity index (χ2v) is 7.34. The van der Waals surface area contributed by atoms with Crippen LogP contribution in [0.2, 0.25) is 0 Å². The van der Waals surface area contributed by atoms with Gasteiger partial charge in [-0.25, -0.2) is 13.2 Å². The van der Waals surface area contributed by atoms with Gasteiger partial charge in [0.25, 0.3) is 0 Å². The van der Waals surface area contributed by atoms with Crippen molar-refractivity contribution >= 4 is 62.9 Å². The summed E-state index contributed by atoms with van der Waals surface area (Å²) in [5.41, 5.74) is 0. The first-order valence-electron chi connectivity index (χ1n) is 6.08. The Morgan fingerprint density at radius 2 is 1.61 bits per heavy atom. The van der Waals surface area contributed by atoms with Crippen molar-refractivity contribution in [3.63, 3.8) is 0 Å². The van der Waals surface area contributed by atoms with Crippen molar-refractivity contribution in [1.82, 2.24) is 0 Å². The number of carbonyl (C=O) groups excluding carboxylic acids is 1. The molecule has 0 radical (unpaired) electrons. The highest BCUT2D eigenvalue weighted by atomic mass is 127. The average Bonchev–Trinajstić information content (AvgIpc) is 2.52. The normalized spacial score (nSPS) is 9.83. The zero-order valence-corrected chi connectivity index (χ0v) is 16.9. The summed E-state index contributed by atoms with van der Waals surface area (Å²) in [4.78, 5) is 11.6. The van der Waals surface area contributed by atoms with Crippen molar-refractivity contribution in [3.05, 3.63) is 61.0 Å². The van der Waals surface area contributed by atoms with Gasteiger partial charge in [-0.3, -0.25) is 4.79 Å². The molecule has 2 aromatic rings. The third-order valence-corrected chi connectivity index (χ3v) is 5.56. The molecule has 0 heterocycles. The zero-order valence-electron chi connectivity index (χ0n) is 11.8. The van der Waals surface area contributed by atoms with E-state index in [2.05, 4.69) is 27.3 Å². The molecule has 0 saturated heterocycles. The molecular weight excluding hydrogens is 555 g/mol. The summed E-state index contributed by atoms with van der Waals surface area (Å²) in [5.74, 6) is -1.44. The first-order valence-corrected chi connectivity index (χ1v) is 9.23. The van der Waals surface area contributed by atoms with E-state index in [4.69, 9.17) is 0 Å². The minimum atomic E-state index is -0.534. The summed E-state index contributed by atoms with van der Waals surface area (Å²) in [7, 11) is 1.33. The van der Waals surface area contributed by atoms with E-state index >= 15 is 0 Å². The minimum Gasteiger partial charge on any atom is -0.468 e. The lowest BCUT2D eigenvalue weighted by molar-refractivity contribution is -0.137. The van der Waals surface area contributed by atoms with Gasteiger partial charge in [0.15, 0.2) is 0 Å². The SMILES string of the molecule is COC(=O)CSc1cc(F)ccc1I.Fc1ccc(I)c(F)c1. The fourth-order valence-corrected chi connectivity index (χ4v) is 3.19. The summed E-state index contributed by atoms with van der Waals surface area (Å²) in [6.07, 6.45) is 0. The monoisotopic (exact) mass is 566 g/mol. The van der Waals surface area contributed by atoms with Crippen molar-refractivity contribution < 1.29 is 22.7 Å². The van der Waals surface area contributed by atoms with E-state index in [0.717, 1.165) is 14.5 Å². The Bertz CT molecular complexity index is 684. The van der Waals surface area contributed by atoms with E-state index in [1.54, 1.807) is 28.7 Å². The average molecular weight is 566 g/mol. The molecule has 8 heteroatoms. The highest BCUT2D eigenvalue weighted by molar-refractivity contribution is 14.1. The molecule has 0 bridgehead atoms. The van der Waals surface area contributed by atoms with Gasteiger partial charge in [-0.05, 0) is 75.5 Å². The number of ether oxygens (including phenoxy) is 1. The Morgan fingerprint density at radius 1 is 1.04 bits per heavy atom. The third kappa shape index (κ3) is 7.75. The van der Waals surface area contributed by atoms with Crippen molar-refractivity contribution in [2.45, 2.75) is 4.90 Å². The molecule has 0 aromatic heterocycles. The Labute approximate surface area is 163 Å². The van der Waals surface area contributed by atoms with Crippen LogP contribution in [0.4, 0.5) is 13.2 Å². The summed E-state index contributed by atoms with van der Waals surface area (Å²) in [5, 5.41) is 0. The number of thioether (sulfide) groups is 1. The minimum absolute atomic E-state index is 0.204. The number of carbonyl (C=O) groups is 1. The van der Waals surface area contributed by atoms with E-state index < -0.39 is 11.6 Å². The zero-order chi connectivity index (χ0) is 17.4. The fraction of sp³-hybridized carbons (Fsp3) is 0.133. The maximum Gasteiger partial charge on any atom is 0.315 e. The first-order chi connectivity index (χ1) is 10.8. The summed E-state index contributed by atoms with van der Waals surface area (Å²) in [6, 6.07) is 7.96. The molecule has 0 unspecified atom stereocenters. The van der Waals surface area contributed by atoms with Gasteiger partial charge in [0, 0.05) is 18.1 Å². The van der Waals surface area contributed by atoms with Gasteiger partial charge in [-0.15, -0.1) is 11.8 Å². The second-order valence-electron chi connectivity index (χ2n) is 4.00. The highest BCUT2D eigenvalue weighted by Gasteiger charge is 2.06. The summed E-state index contributed by atoms with van der Waals surface area (Å²) >= 11 is 5.17. The highest BCUT2D eigenvalue weighted by Crippen LogP contribution is 2.25. The van der Waals surface area contributed by atoms with Crippen LogP contribution in [0, 0.1) is 24.6 Å². The lowest BCUT2D eigenvalue weighted by Gasteiger charge is -2.03. The van der Waals surface area contributed by atoms with Gasteiger partial charge in [-0.2, -0.15) is 0 Å². The largest absolute Gasteiger partial charge is 0.468 e. The maximum absolute atomic E-state index is 12.8. The predicted octanol–water partition coefficient (Wildman–Crippen LogP) is 5.26. The molecule has 2 aromatic carbocycles. The van der Waals surface area contributed by atoms with Gasteiger partial charge >= 0.3 is 5.97 Å². The smallest absolute Gasteiger partial charge is 0.315 e. The first kappa shape index (κ1) is 20.6. The van der Waals surface area contributed by atoms with Gasteiger partial charge in [0.1, 0.15) is 17.5 Å². The number of halogens is 5. The van der Waals surface area contributed by atoms with E-state index in [0.29, 0.717) is 3.57 Å². The fourth-order valence-electron chi connectivity index (χ4n) is 1.25. The van der Waals surface area contributed by atoms with Gasteiger partial charge in [-0.1, -0.05) is 0 Å². The van der Waals surface area contributed by atoms with Crippen molar-refractivity contribution in [2.75, 3.05) is 12.9 Å². The Hall–Kier alpha value is -0.490. The molecule has 0 atom stereocenters. The van der Waals surface area contributed by atoms with Crippen molar-refractivity contribution in [3.8, 4) is 0 Å². The van der Waals surface area contributed by atoms with Gasteiger partial charge in [0.05, 0.1) is 12.9 Å². The molecule has 23 heavy (non-hydrogen) atoms. The third-order valence-electron chi connectivity index (χ3n) is 2.35. The van der Waals surface area contributed by atoms with E-state index in [1.165, 1.54) is 43.1 Å². The van der Waals surface area contributed by atoms with Crippen LogP contribution >= 0.6 is 56.9 Å². The molecule has 0 N–H and O–H groups in total. The van der Waals surface area contributed by atoms with Gasteiger partial charge in [0.2, 0.25) is 0 Å². The molecule has 0 saturated carbocycles. The maximum atomic E-state index is 12.8. The van der Waals surface area contributed by atoms with Gasteiger partial charge < -0.3 is 4.74 Å². The van der Waals surface area contributed by atoms with Crippen molar-refractivity contribution in [1.29, 1.82) is 0 Å². The summed E-state index contributed by atoms with van der Waals surface area (Å²) in [6.45, 7) is 0. The molecule has 0 fully saturated rings. The molecule has 2 rings (SSSR count). The summed E-state index contributed by atoms with van der Waals surface area (Å²) < 4.78 is 43.1. The Kier molecular flexibility index (Phi) is 9.29. The lowest BCUT2D eigenvalue weighted by Crippen LogP contribution is -2.03. The van der Waals surface area contributed by atoms with Crippen LogP contribution in [0.15, 0.2) is 41.3 Å². The van der Waals surface area contributed by atoms with E-state index in [1.807, 2.05) is 0 Å². The van der Waals surface area contributed by atoms with Crippen molar-refractivity contribution in [2.24, 2.45) is 0 Å². The molecule has 0 spiro atoms. The van der Waals surface area contributed by atoms with Crippen LogP contribution in [-0.2, 0) is 9.53 Å². The molecular formula is C15H11F3I2O2S. The quantitative estimate of drug-likeness (QED) is 0.220. The number of hydrogen-bond donors (Lipinski definition) is 0. The van der Waals surface area contributed by atoms with Crippen LogP contribution < -0.4 is 0 Å². The standard InChI is InChI=1S/C9H8FIO2S.C6H3F2I/c1-13-9(12)5-14-8-4-6(10)2-3-7(8)11;7-4-1-2-6(9)5(8)3-4/h2-4H,5H2,1H3;1-3H. The number of esters is 1.